The van der Waals surface area contributed by atoms with E-state index in [1.165, 1.54) is 29.2 Å². The molecule has 248 valence electrons. The number of aryl methyl sites for hydroxylation is 1. The number of rotatable bonds is 8. The van der Waals surface area contributed by atoms with Crippen LogP contribution in [0.1, 0.15) is 97.8 Å². The largest absolute Gasteiger partial charge is 0.481 e. The molecule has 2 fully saturated rings. The van der Waals surface area contributed by atoms with Gasteiger partial charge in [-0.2, -0.15) is 4.98 Å². The average molecular weight is 633 g/mol. The molecule has 1 aromatic carbocycles. The molecule has 3 aromatic rings. The summed E-state index contributed by atoms with van der Waals surface area (Å²) in [6.07, 6.45) is 2.45. The smallest absolute Gasteiger partial charge is 0.229 e. The summed E-state index contributed by atoms with van der Waals surface area (Å²) in [5, 5.41) is 2.95. The predicted octanol–water partition coefficient (Wildman–Crippen LogP) is 5.65. The molecule has 0 radical (unpaired) electrons. The number of amides is 1. The van der Waals surface area contributed by atoms with Crippen molar-refractivity contribution >= 4 is 17.6 Å². The second-order valence-electron chi connectivity index (χ2n) is 13.5. The van der Waals surface area contributed by atoms with Crippen LogP contribution >= 0.6 is 0 Å². The Balaban J connectivity index is 0.000000181. The lowest BCUT2D eigenvalue weighted by Crippen LogP contribution is -2.42. The molecule has 1 N–H and O–H groups in total. The van der Waals surface area contributed by atoms with E-state index in [2.05, 4.69) is 73.9 Å². The number of carbonyl (C=O) groups excluding carboxylic acids is 2. The number of hydrogen-bond acceptors (Lipinski definition) is 9. The van der Waals surface area contributed by atoms with Gasteiger partial charge in [0, 0.05) is 45.7 Å². The fraction of sp³-hybridized carbons (Fsp3) is 0.556. The number of Topliss-reactive ketones (excluding diaryl/α,β-unsaturated/α-hetero) is 1. The van der Waals surface area contributed by atoms with Crippen molar-refractivity contribution in [3.05, 3.63) is 69.3 Å². The van der Waals surface area contributed by atoms with E-state index in [-0.39, 0.29) is 28.8 Å². The lowest BCUT2D eigenvalue weighted by Gasteiger charge is -2.33. The number of benzene rings is 1. The third-order valence-corrected chi connectivity index (χ3v) is 9.44. The number of anilines is 1. The maximum absolute atomic E-state index is 12.0. The highest BCUT2D eigenvalue weighted by Gasteiger charge is 2.43. The number of ketones is 1. The van der Waals surface area contributed by atoms with Crippen molar-refractivity contribution in [1.29, 1.82) is 0 Å². The van der Waals surface area contributed by atoms with E-state index >= 15 is 0 Å². The third-order valence-electron chi connectivity index (χ3n) is 9.44. The van der Waals surface area contributed by atoms with Gasteiger partial charge in [-0.3, -0.25) is 9.59 Å². The van der Waals surface area contributed by atoms with E-state index in [0.29, 0.717) is 43.1 Å². The number of carbonyl (C=O) groups is 2. The van der Waals surface area contributed by atoms with Crippen LogP contribution in [0, 0.1) is 18.8 Å². The highest BCUT2D eigenvalue weighted by Crippen LogP contribution is 2.47. The molecule has 0 spiro atoms. The van der Waals surface area contributed by atoms with Gasteiger partial charge in [0.05, 0.1) is 36.5 Å². The minimum absolute atomic E-state index is 0.0371. The van der Waals surface area contributed by atoms with Gasteiger partial charge in [-0.1, -0.05) is 19.1 Å². The third kappa shape index (κ3) is 6.69. The van der Waals surface area contributed by atoms with Gasteiger partial charge in [0.1, 0.15) is 5.76 Å². The number of nitrogens with zero attached hydrogens (tertiary/aromatic N) is 3. The van der Waals surface area contributed by atoms with E-state index in [9.17, 15) is 9.59 Å². The highest BCUT2D eigenvalue weighted by molar-refractivity contribution is 5.91. The monoisotopic (exact) mass is 632 g/mol. The van der Waals surface area contributed by atoms with Crippen molar-refractivity contribution in [3.8, 4) is 5.88 Å². The summed E-state index contributed by atoms with van der Waals surface area (Å²) in [6, 6.07) is 8.09. The maximum atomic E-state index is 12.0. The van der Waals surface area contributed by atoms with E-state index < -0.39 is 0 Å². The molecule has 2 unspecified atom stereocenters. The summed E-state index contributed by atoms with van der Waals surface area (Å²) in [4.78, 5) is 34.7. The van der Waals surface area contributed by atoms with Gasteiger partial charge in [0.15, 0.2) is 11.5 Å². The molecule has 2 aromatic heterocycles. The van der Waals surface area contributed by atoms with Crippen molar-refractivity contribution < 1.29 is 28.2 Å². The zero-order valence-corrected chi connectivity index (χ0v) is 28.7. The van der Waals surface area contributed by atoms with Crippen LogP contribution in [0.3, 0.4) is 0 Å². The standard InChI is InChI=1S/C20H24O3.C16H24N4O3/c1-12-9-16-17(20(5,6)23-19(16,3)4)11-14(12)10-15-7-8-18(22-15)13(2)21;1-4-11-13(9-22-2)18-16(19-15(11)23-3)20-6-5-10-7-17-14(21)12(10)8-20/h7-9,11H,10H2,1-6H3;10,12H,4-9H2,1-3H3,(H,17,21). The number of furan rings is 1. The van der Waals surface area contributed by atoms with E-state index in [1.54, 1.807) is 20.3 Å². The average Bonchev–Trinajstić information content (AvgIpc) is 3.68. The second-order valence-corrected chi connectivity index (χ2v) is 13.5. The molecule has 0 aliphatic carbocycles. The van der Waals surface area contributed by atoms with Crippen molar-refractivity contribution in [2.45, 2.75) is 85.5 Å². The number of ether oxygens (including phenoxy) is 3. The van der Waals surface area contributed by atoms with Crippen LogP contribution < -0.4 is 15.0 Å². The molecule has 10 nitrogen and oxygen atoms in total. The molecule has 3 aliphatic heterocycles. The van der Waals surface area contributed by atoms with E-state index in [0.717, 1.165) is 42.9 Å². The van der Waals surface area contributed by atoms with Crippen LogP contribution in [-0.2, 0) is 44.9 Å². The Bertz CT molecular complexity index is 1610. The molecular weight excluding hydrogens is 584 g/mol. The van der Waals surface area contributed by atoms with Crippen molar-refractivity contribution in [3.63, 3.8) is 0 Å². The predicted molar refractivity (Wildman–Crippen MR) is 175 cm³/mol. The zero-order chi connectivity index (χ0) is 33.4. The lowest BCUT2D eigenvalue weighted by molar-refractivity contribution is -0.122. The molecule has 1 amide bonds. The molecule has 46 heavy (non-hydrogen) atoms. The lowest BCUT2D eigenvalue weighted by atomic mass is 9.86. The number of methoxy groups -OCH3 is 2. The van der Waals surface area contributed by atoms with Crippen LogP contribution in [0.4, 0.5) is 5.95 Å². The molecule has 10 heteroatoms. The number of aromatic nitrogens is 2. The minimum Gasteiger partial charge on any atom is -0.481 e. The van der Waals surface area contributed by atoms with Gasteiger partial charge in [-0.05, 0) is 87.8 Å². The Morgan fingerprint density at radius 1 is 1.11 bits per heavy atom. The first-order valence-electron chi connectivity index (χ1n) is 16.2. The van der Waals surface area contributed by atoms with Gasteiger partial charge in [0.25, 0.3) is 0 Å². The van der Waals surface area contributed by atoms with E-state index in [4.69, 9.17) is 18.6 Å². The zero-order valence-electron chi connectivity index (χ0n) is 28.7. The minimum atomic E-state index is -0.297. The number of piperidine rings is 1. The van der Waals surface area contributed by atoms with Crippen LogP contribution in [0.25, 0.3) is 0 Å². The van der Waals surface area contributed by atoms with E-state index in [1.807, 2.05) is 6.07 Å². The molecule has 6 rings (SSSR count). The quantitative estimate of drug-likeness (QED) is 0.315. The Morgan fingerprint density at radius 3 is 2.46 bits per heavy atom. The molecule has 2 saturated heterocycles. The summed E-state index contributed by atoms with van der Waals surface area (Å²) in [7, 11) is 3.28. The van der Waals surface area contributed by atoms with Crippen LogP contribution in [0.2, 0.25) is 0 Å². The van der Waals surface area contributed by atoms with Crippen LogP contribution in [0.5, 0.6) is 5.88 Å². The van der Waals surface area contributed by atoms with Crippen molar-refractivity contribution in [1.82, 2.24) is 15.3 Å². The molecule has 2 atom stereocenters. The van der Waals surface area contributed by atoms with Gasteiger partial charge in [-0.15, -0.1) is 0 Å². The summed E-state index contributed by atoms with van der Waals surface area (Å²) >= 11 is 0. The van der Waals surface area contributed by atoms with Gasteiger partial charge < -0.3 is 28.8 Å². The molecule has 0 bridgehead atoms. The first-order valence-corrected chi connectivity index (χ1v) is 16.2. The Labute approximate surface area is 272 Å². The SMILES string of the molecule is CC(=O)c1ccc(Cc2cc3c(cc2C)C(C)(C)OC3(C)C)o1.CCc1c(COC)nc(N2CCC3CNC(=O)C3C2)nc1OC. The van der Waals surface area contributed by atoms with Crippen LogP contribution in [-0.4, -0.2) is 55.5 Å². The fourth-order valence-corrected chi connectivity index (χ4v) is 7.04. The first-order chi connectivity index (χ1) is 21.8. The Morgan fingerprint density at radius 2 is 1.83 bits per heavy atom. The number of hydrogen-bond donors (Lipinski definition) is 1. The topological polar surface area (TPSA) is 116 Å². The summed E-state index contributed by atoms with van der Waals surface area (Å²) in [6.45, 7) is 16.9. The molecule has 5 heterocycles. The molecular formula is C36H48N4O6. The Kier molecular flexibility index (Phi) is 9.61. The molecule has 0 saturated carbocycles. The van der Waals surface area contributed by atoms with Gasteiger partial charge >= 0.3 is 0 Å². The second kappa shape index (κ2) is 13.2. The summed E-state index contributed by atoms with van der Waals surface area (Å²) in [5.74, 6) is 3.04. The van der Waals surface area contributed by atoms with Crippen molar-refractivity contribution in [2.24, 2.45) is 11.8 Å². The number of fused-ring (bicyclic) bond motifs is 2. The molecule has 3 aliphatic rings. The maximum Gasteiger partial charge on any atom is 0.229 e. The number of nitrogens with one attached hydrogen (secondary N) is 1. The van der Waals surface area contributed by atoms with Crippen LogP contribution in [0.15, 0.2) is 28.7 Å². The first kappa shape index (κ1) is 33.6. The normalized spacial score (nSPS) is 20.8. The van der Waals surface area contributed by atoms with Gasteiger partial charge in [0.2, 0.25) is 17.7 Å². The summed E-state index contributed by atoms with van der Waals surface area (Å²) < 4.78 is 22.6. The highest BCUT2D eigenvalue weighted by atomic mass is 16.5. The summed E-state index contributed by atoms with van der Waals surface area (Å²) in [5.41, 5.74) is 6.20. The Hall–Kier alpha value is -3.76. The van der Waals surface area contributed by atoms with Crippen molar-refractivity contribution in [2.75, 3.05) is 38.8 Å². The van der Waals surface area contributed by atoms with Gasteiger partial charge in [-0.25, -0.2) is 4.98 Å². The fourth-order valence-electron chi connectivity index (χ4n) is 7.04.